The lowest BCUT2D eigenvalue weighted by Gasteiger charge is -2.20. The van der Waals surface area contributed by atoms with Crippen molar-refractivity contribution in [3.63, 3.8) is 0 Å². The van der Waals surface area contributed by atoms with Gasteiger partial charge in [0.15, 0.2) is 11.0 Å². The van der Waals surface area contributed by atoms with Gasteiger partial charge in [0, 0.05) is 23.2 Å². The first-order chi connectivity index (χ1) is 13.2. The van der Waals surface area contributed by atoms with Gasteiger partial charge in [-0.05, 0) is 45.0 Å². The van der Waals surface area contributed by atoms with E-state index >= 15 is 0 Å². The number of urea groups is 1. The highest BCUT2D eigenvalue weighted by molar-refractivity contribution is 7.99. The molecule has 0 atom stereocenters. The van der Waals surface area contributed by atoms with Crippen molar-refractivity contribution < 1.29 is 14.3 Å². The largest absolute Gasteiger partial charge is 0.383 e. The first kappa shape index (κ1) is 22.2. The normalized spacial score (nSPS) is 11.3. The number of amides is 3. The van der Waals surface area contributed by atoms with Crippen molar-refractivity contribution >= 4 is 35.3 Å². The Morgan fingerprint density at radius 1 is 1.21 bits per heavy atom. The van der Waals surface area contributed by atoms with Crippen LogP contribution in [0.2, 0.25) is 5.02 Å². The van der Waals surface area contributed by atoms with Crippen molar-refractivity contribution in [2.75, 3.05) is 19.5 Å². The maximum Gasteiger partial charge on any atom is 0.321 e. The Balaban J connectivity index is 2.07. The molecule has 3 amide bonds. The number of carbonyl (C=O) groups is 2. The van der Waals surface area contributed by atoms with E-state index in [9.17, 15) is 9.59 Å². The summed E-state index contributed by atoms with van der Waals surface area (Å²) in [7, 11) is 1.61. The highest BCUT2D eigenvalue weighted by Gasteiger charge is 2.18. The molecule has 0 saturated heterocycles. The average molecular weight is 426 g/mol. The van der Waals surface area contributed by atoms with Crippen LogP contribution in [-0.4, -0.2) is 51.7 Å². The van der Waals surface area contributed by atoms with Crippen molar-refractivity contribution in [3.05, 3.63) is 29.3 Å². The van der Waals surface area contributed by atoms with Gasteiger partial charge in [0.25, 0.3) is 0 Å². The molecule has 0 fully saturated rings. The topological polar surface area (TPSA) is 98.1 Å². The molecule has 0 bridgehead atoms. The Hall–Kier alpha value is -2.10. The number of carbonyl (C=O) groups excluding carboxylic acids is 2. The van der Waals surface area contributed by atoms with E-state index < -0.39 is 17.5 Å². The molecule has 8 nitrogen and oxygen atoms in total. The maximum atomic E-state index is 12.1. The first-order valence-corrected chi connectivity index (χ1v) is 9.99. The summed E-state index contributed by atoms with van der Waals surface area (Å²) >= 11 is 7.15. The molecule has 0 saturated carbocycles. The molecule has 1 aromatic heterocycles. The second kappa shape index (κ2) is 9.90. The summed E-state index contributed by atoms with van der Waals surface area (Å²) in [6.45, 7) is 6.50. The number of aromatic nitrogens is 3. The van der Waals surface area contributed by atoms with E-state index in [0.717, 1.165) is 5.56 Å². The summed E-state index contributed by atoms with van der Waals surface area (Å²) in [5.74, 6) is 0.270. The molecular formula is C18H24ClN5O3S. The zero-order chi connectivity index (χ0) is 20.7. The number of rotatable bonds is 7. The van der Waals surface area contributed by atoms with Crippen LogP contribution in [0.15, 0.2) is 29.4 Å². The number of imide groups is 1. The number of hydrogen-bond acceptors (Lipinski definition) is 6. The summed E-state index contributed by atoms with van der Waals surface area (Å²) < 4.78 is 7.04. The Morgan fingerprint density at radius 2 is 1.89 bits per heavy atom. The summed E-state index contributed by atoms with van der Waals surface area (Å²) in [6, 6.07) is 6.74. The van der Waals surface area contributed by atoms with E-state index in [2.05, 4.69) is 20.8 Å². The smallest absolute Gasteiger partial charge is 0.321 e. The molecule has 0 aliphatic heterocycles. The Bertz CT molecular complexity index is 818. The second-order valence-corrected chi connectivity index (χ2v) is 8.38. The van der Waals surface area contributed by atoms with Crippen molar-refractivity contribution in [3.8, 4) is 11.4 Å². The highest BCUT2D eigenvalue weighted by atomic mass is 35.5. The number of ether oxygens (including phenoxy) is 1. The third kappa shape index (κ3) is 6.81. The third-order valence-corrected chi connectivity index (χ3v) is 4.63. The van der Waals surface area contributed by atoms with Crippen LogP contribution in [0.3, 0.4) is 0 Å². The van der Waals surface area contributed by atoms with Gasteiger partial charge in [0.05, 0.1) is 18.9 Å². The van der Waals surface area contributed by atoms with Gasteiger partial charge in [0.2, 0.25) is 5.91 Å². The number of halogens is 1. The highest BCUT2D eigenvalue weighted by Crippen LogP contribution is 2.25. The lowest BCUT2D eigenvalue weighted by atomic mass is 10.1. The predicted octanol–water partition coefficient (Wildman–Crippen LogP) is 2.96. The summed E-state index contributed by atoms with van der Waals surface area (Å²) in [5.41, 5.74) is 0.430. The molecule has 0 aliphatic rings. The van der Waals surface area contributed by atoms with Crippen LogP contribution in [0.25, 0.3) is 11.4 Å². The SMILES string of the molecule is COCCn1c(SCC(=O)NC(=O)NC(C)(C)C)nnc1-c1ccc(Cl)cc1. The molecule has 0 unspecified atom stereocenters. The van der Waals surface area contributed by atoms with Gasteiger partial charge < -0.3 is 10.1 Å². The third-order valence-electron chi connectivity index (χ3n) is 3.41. The number of thioether (sulfide) groups is 1. The fourth-order valence-corrected chi connectivity index (χ4v) is 3.15. The van der Waals surface area contributed by atoms with Crippen molar-refractivity contribution in [1.82, 2.24) is 25.4 Å². The van der Waals surface area contributed by atoms with Crippen molar-refractivity contribution in [2.24, 2.45) is 0 Å². The van der Waals surface area contributed by atoms with E-state index in [-0.39, 0.29) is 5.75 Å². The fourth-order valence-electron chi connectivity index (χ4n) is 2.26. The molecule has 0 spiro atoms. The van der Waals surface area contributed by atoms with Crippen molar-refractivity contribution in [1.29, 1.82) is 0 Å². The number of hydrogen-bond donors (Lipinski definition) is 2. The zero-order valence-corrected chi connectivity index (χ0v) is 17.9. The molecular weight excluding hydrogens is 402 g/mol. The zero-order valence-electron chi connectivity index (χ0n) is 16.3. The monoisotopic (exact) mass is 425 g/mol. The van der Waals surface area contributed by atoms with E-state index in [4.69, 9.17) is 16.3 Å². The number of methoxy groups -OCH3 is 1. The standard InChI is InChI=1S/C18H24ClN5O3S/c1-18(2,3)21-16(26)20-14(25)11-28-17-23-22-15(24(17)9-10-27-4)12-5-7-13(19)8-6-12/h5-8H,9-11H2,1-4H3,(H2,20,21,25,26). The first-order valence-electron chi connectivity index (χ1n) is 8.62. The Labute approximate surface area is 173 Å². The average Bonchev–Trinajstić information content (AvgIpc) is 2.99. The van der Waals surface area contributed by atoms with Crippen LogP contribution < -0.4 is 10.6 Å². The molecule has 2 rings (SSSR count). The number of nitrogens with zero attached hydrogens (tertiary/aromatic N) is 3. The lowest BCUT2D eigenvalue weighted by molar-refractivity contribution is -0.117. The Kier molecular flexibility index (Phi) is 7.85. The predicted molar refractivity (Wildman–Crippen MR) is 109 cm³/mol. The van der Waals surface area contributed by atoms with Crippen LogP contribution in [0.1, 0.15) is 20.8 Å². The van der Waals surface area contributed by atoms with Gasteiger partial charge in [-0.2, -0.15) is 0 Å². The molecule has 2 aromatic rings. The molecule has 1 aromatic carbocycles. The molecule has 152 valence electrons. The molecule has 2 N–H and O–H groups in total. The molecule has 10 heteroatoms. The summed E-state index contributed by atoms with van der Waals surface area (Å²) in [4.78, 5) is 23.9. The molecule has 28 heavy (non-hydrogen) atoms. The van der Waals surface area contributed by atoms with E-state index in [0.29, 0.717) is 29.2 Å². The van der Waals surface area contributed by atoms with Gasteiger partial charge in [-0.15, -0.1) is 10.2 Å². The second-order valence-electron chi connectivity index (χ2n) is 7.00. The molecule has 0 aliphatic carbocycles. The quantitative estimate of drug-likeness (QED) is 0.662. The number of benzene rings is 1. The Morgan fingerprint density at radius 3 is 2.50 bits per heavy atom. The van der Waals surface area contributed by atoms with Gasteiger partial charge >= 0.3 is 6.03 Å². The van der Waals surface area contributed by atoms with E-state index in [1.54, 1.807) is 19.2 Å². The minimum absolute atomic E-state index is 0.0310. The van der Waals surface area contributed by atoms with Gasteiger partial charge in [-0.25, -0.2) is 4.79 Å². The minimum atomic E-state index is -0.527. The van der Waals surface area contributed by atoms with Crippen LogP contribution in [-0.2, 0) is 16.1 Å². The van der Waals surface area contributed by atoms with Gasteiger partial charge in [-0.3, -0.25) is 14.7 Å². The van der Waals surface area contributed by atoms with Crippen LogP contribution >= 0.6 is 23.4 Å². The van der Waals surface area contributed by atoms with E-state index in [1.165, 1.54) is 11.8 Å². The molecule has 1 heterocycles. The van der Waals surface area contributed by atoms with Gasteiger partial charge in [0.1, 0.15) is 0 Å². The summed E-state index contributed by atoms with van der Waals surface area (Å²) in [6.07, 6.45) is 0. The fraction of sp³-hybridized carbons (Fsp3) is 0.444. The van der Waals surface area contributed by atoms with E-state index in [1.807, 2.05) is 37.5 Å². The minimum Gasteiger partial charge on any atom is -0.383 e. The van der Waals surface area contributed by atoms with Crippen LogP contribution in [0.5, 0.6) is 0 Å². The van der Waals surface area contributed by atoms with Crippen LogP contribution in [0.4, 0.5) is 4.79 Å². The lowest BCUT2D eigenvalue weighted by Crippen LogP contribution is -2.48. The maximum absolute atomic E-state index is 12.1. The van der Waals surface area contributed by atoms with Crippen LogP contribution in [0, 0.1) is 0 Å². The van der Waals surface area contributed by atoms with Gasteiger partial charge in [-0.1, -0.05) is 23.4 Å². The summed E-state index contributed by atoms with van der Waals surface area (Å²) in [5, 5.41) is 14.6. The number of nitrogens with one attached hydrogen (secondary N) is 2. The van der Waals surface area contributed by atoms with Crippen molar-refractivity contribution in [2.45, 2.75) is 38.0 Å². The molecule has 0 radical (unpaired) electrons.